The minimum absolute atomic E-state index is 0.247. The molecule has 106 valence electrons. The van der Waals surface area contributed by atoms with E-state index in [1.165, 1.54) is 18.3 Å². The van der Waals surface area contributed by atoms with Crippen LogP contribution in [0.15, 0.2) is 40.1 Å². The van der Waals surface area contributed by atoms with Crippen LogP contribution in [0.5, 0.6) is 0 Å². The number of aromatic nitrogens is 3. The van der Waals surface area contributed by atoms with Crippen LogP contribution in [0.25, 0.3) is 5.78 Å². The Balaban J connectivity index is 1.80. The highest BCUT2D eigenvalue weighted by Gasteiger charge is 2.10. The third-order valence-corrected chi connectivity index (χ3v) is 2.70. The zero-order valence-corrected chi connectivity index (χ0v) is 11.1. The topological polar surface area (TPSA) is 111 Å². The van der Waals surface area contributed by atoms with E-state index in [4.69, 9.17) is 16.0 Å². The molecule has 0 bridgehead atoms. The molecule has 0 spiro atoms. The van der Waals surface area contributed by atoms with E-state index < -0.39 is 4.92 Å². The SMILES string of the molecule is O=[N+]([O-])c1ccc(/C=N/Nc2cc(Cl)nc3nccn23)o1. The smallest absolute Gasteiger partial charge is 0.400 e. The Morgan fingerprint density at radius 3 is 3.14 bits per heavy atom. The third kappa shape index (κ3) is 2.67. The van der Waals surface area contributed by atoms with Gasteiger partial charge in [0.2, 0.25) is 5.78 Å². The third-order valence-electron chi connectivity index (χ3n) is 2.51. The zero-order valence-electron chi connectivity index (χ0n) is 10.3. The normalized spacial score (nSPS) is 11.3. The Kier molecular flexibility index (Phi) is 3.24. The lowest BCUT2D eigenvalue weighted by Crippen LogP contribution is -1.99. The summed E-state index contributed by atoms with van der Waals surface area (Å²) in [6.07, 6.45) is 4.57. The van der Waals surface area contributed by atoms with Crippen molar-refractivity contribution in [1.82, 2.24) is 14.4 Å². The maximum absolute atomic E-state index is 10.5. The predicted molar refractivity (Wildman–Crippen MR) is 74.6 cm³/mol. The van der Waals surface area contributed by atoms with E-state index in [0.29, 0.717) is 11.6 Å². The van der Waals surface area contributed by atoms with Crippen LogP contribution in [0.4, 0.5) is 11.7 Å². The number of hydrogen-bond acceptors (Lipinski definition) is 7. The van der Waals surface area contributed by atoms with E-state index in [1.807, 2.05) is 0 Å². The largest absolute Gasteiger partial charge is 0.433 e. The first kappa shape index (κ1) is 13.1. The number of fused-ring (bicyclic) bond motifs is 1. The second-order valence-electron chi connectivity index (χ2n) is 3.86. The van der Waals surface area contributed by atoms with Gasteiger partial charge in [-0.15, -0.1) is 0 Å². The molecule has 0 aliphatic rings. The van der Waals surface area contributed by atoms with Gasteiger partial charge in [-0.1, -0.05) is 11.6 Å². The number of anilines is 1. The molecule has 3 heterocycles. The van der Waals surface area contributed by atoms with Crippen molar-refractivity contribution >= 4 is 35.3 Å². The molecule has 9 nitrogen and oxygen atoms in total. The van der Waals surface area contributed by atoms with Gasteiger partial charge < -0.3 is 4.42 Å². The fourth-order valence-corrected chi connectivity index (χ4v) is 1.81. The van der Waals surface area contributed by atoms with E-state index in [-0.39, 0.29) is 16.8 Å². The molecule has 21 heavy (non-hydrogen) atoms. The molecule has 3 aromatic rings. The number of rotatable bonds is 4. The van der Waals surface area contributed by atoms with Gasteiger partial charge in [0.25, 0.3) is 0 Å². The molecule has 1 N–H and O–H groups in total. The number of hydrazone groups is 1. The van der Waals surface area contributed by atoms with Crippen molar-refractivity contribution in [3.8, 4) is 0 Å². The number of nitrogens with zero attached hydrogens (tertiary/aromatic N) is 5. The van der Waals surface area contributed by atoms with E-state index in [2.05, 4.69) is 20.5 Å². The first-order valence-corrected chi connectivity index (χ1v) is 6.04. The molecular formula is C11H7ClN6O3. The Morgan fingerprint density at radius 2 is 2.38 bits per heavy atom. The van der Waals surface area contributed by atoms with Crippen molar-refractivity contribution in [2.45, 2.75) is 0 Å². The minimum Gasteiger partial charge on any atom is -0.400 e. The van der Waals surface area contributed by atoms with Gasteiger partial charge in [-0.25, -0.2) is 9.97 Å². The average Bonchev–Trinajstić information content (AvgIpc) is 3.06. The number of hydrogen-bond donors (Lipinski definition) is 1. The zero-order chi connectivity index (χ0) is 14.8. The van der Waals surface area contributed by atoms with Crippen LogP contribution < -0.4 is 5.43 Å². The van der Waals surface area contributed by atoms with Crippen LogP contribution in [-0.2, 0) is 0 Å². The molecule has 0 aliphatic heterocycles. The van der Waals surface area contributed by atoms with Gasteiger partial charge in [-0.3, -0.25) is 19.9 Å². The van der Waals surface area contributed by atoms with Gasteiger partial charge >= 0.3 is 5.88 Å². The maximum atomic E-state index is 10.5. The second kappa shape index (κ2) is 5.21. The molecule has 0 atom stereocenters. The monoisotopic (exact) mass is 306 g/mol. The number of imidazole rings is 1. The predicted octanol–water partition coefficient (Wildman–Crippen LogP) is 2.33. The molecule has 0 aromatic carbocycles. The van der Waals surface area contributed by atoms with Crippen molar-refractivity contribution in [1.29, 1.82) is 0 Å². The fourth-order valence-electron chi connectivity index (χ4n) is 1.63. The van der Waals surface area contributed by atoms with Crippen molar-refractivity contribution in [2.75, 3.05) is 5.43 Å². The quantitative estimate of drug-likeness (QED) is 0.343. The molecule has 10 heteroatoms. The summed E-state index contributed by atoms with van der Waals surface area (Å²) in [5, 5.41) is 14.7. The van der Waals surface area contributed by atoms with Crippen LogP contribution in [-0.4, -0.2) is 25.5 Å². The summed E-state index contributed by atoms with van der Waals surface area (Å²) >= 11 is 5.87. The Morgan fingerprint density at radius 1 is 1.52 bits per heavy atom. The number of halogens is 1. The van der Waals surface area contributed by atoms with Crippen molar-refractivity contribution in [2.24, 2.45) is 5.10 Å². The van der Waals surface area contributed by atoms with Crippen LogP contribution in [0.1, 0.15) is 5.76 Å². The first-order valence-electron chi connectivity index (χ1n) is 5.66. The lowest BCUT2D eigenvalue weighted by molar-refractivity contribution is -0.402. The van der Waals surface area contributed by atoms with Gasteiger partial charge in [0.05, 0.1) is 12.3 Å². The second-order valence-corrected chi connectivity index (χ2v) is 4.25. The summed E-state index contributed by atoms with van der Waals surface area (Å²) in [7, 11) is 0. The molecule has 0 unspecified atom stereocenters. The Bertz CT molecular complexity index is 839. The lowest BCUT2D eigenvalue weighted by atomic mass is 10.5. The molecular weight excluding hydrogens is 300 g/mol. The molecule has 0 aliphatic carbocycles. The Hall–Kier alpha value is -2.94. The molecule has 3 rings (SSSR count). The summed E-state index contributed by atoms with van der Waals surface area (Å²) in [5.74, 6) is 0.866. The highest BCUT2D eigenvalue weighted by molar-refractivity contribution is 6.29. The van der Waals surface area contributed by atoms with Gasteiger partial charge in [-0.2, -0.15) is 5.10 Å². The molecule has 0 fully saturated rings. The van der Waals surface area contributed by atoms with Crippen LogP contribution in [0.2, 0.25) is 5.15 Å². The van der Waals surface area contributed by atoms with Crippen molar-refractivity contribution < 1.29 is 9.34 Å². The average molecular weight is 307 g/mol. The summed E-state index contributed by atoms with van der Waals surface area (Å²) in [6, 6.07) is 4.26. The van der Waals surface area contributed by atoms with Crippen LogP contribution >= 0.6 is 11.6 Å². The summed E-state index contributed by atoms with van der Waals surface area (Å²) < 4.78 is 6.58. The molecule has 0 radical (unpaired) electrons. The van der Waals surface area contributed by atoms with Crippen molar-refractivity contribution in [3.05, 3.63) is 51.6 Å². The summed E-state index contributed by atoms with van der Waals surface area (Å²) in [6.45, 7) is 0. The molecule has 3 aromatic heterocycles. The van der Waals surface area contributed by atoms with Gasteiger partial charge in [-0.05, 0) is 6.07 Å². The van der Waals surface area contributed by atoms with Gasteiger partial charge in [0, 0.05) is 18.5 Å². The number of nitro groups is 1. The Labute approximate surface area is 122 Å². The van der Waals surface area contributed by atoms with E-state index in [1.54, 1.807) is 22.9 Å². The van der Waals surface area contributed by atoms with Gasteiger partial charge in [0.15, 0.2) is 5.76 Å². The lowest BCUT2D eigenvalue weighted by Gasteiger charge is -2.03. The van der Waals surface area contributed by atoms with E-state index >= 15 is 0 Å². The number of furan rings is 1. The minimum atomic E-state index is -0.623. The molecule has 0 saturated heterocycles. The fraction of sp³-hybridized carbons (Fsp3) is 0. The molecule has 0 amide bonds. The molecule has 0 saturated carbocycles. The number of nitrogens with one attached hydrogen (secondary N) is 1. The van der Waals surface area contributed by atoms with E-state index in [9.17, 15) is 10.1 Å². The highest BCUT2D eigenvalue weighted by atomic mass is 35.5. The standard InChI is InChI=1S/C11H7ClN6O3/c12-8-5-9(17-4-3-13-11(17)15-8)16-14-6-7-1-2-10(21-7)18(19)20/h1-6,16H/b14-6+. The van der Waals surface area contributed by atoms with Crippen LogP contribution in [0, 0.1) is 10.1 Å². The van der Waals surface area contributed by atoms with Crippen LogP contribution in [0.3, 0.4) is 0 Å². The summed E-state index contributed by atoms with van der Waals surface area (Å²) in [4.78, 5) is 17.9. The van der Waals surface area contributed by atoms with Gasteiger partial charge in [0.1, 0.15) is 15.9 Å². The van der Waals surface area contributed by atoms with Crippen molar-refractivity contribution in [3.63, 3.8) is 0 Å². The van der Waals surface area contributed by atoms with E-state index in [0.717, 1.165) is 0 Å². The summed E-state index contributed by atoms with van der Waals surface area (Å²) in [5.41, 5.74) is 2.74. The maximum Gasteiger partial charge on any atom is 0.433 e. The highest BCUT2D eigenvalue weighted by Crippen LogP contribution is 2.16. The first-order chi connectivity index (χ1) is 10.1.